The van der Waals surface area contributed by atoms with E-state index >= 15 is 0 Å². The molecule has 1 aromatic heterocycles. The first kappa shape index (κ1) is 9.03. The second-order valence-corrected chi connectivity index (χ2v) is 5.17. The molecule has 0 saturated carbocycles. The Kier molecular flexibility index (Phi) is 2.30. The van der Waals surface area contributed by atoms with Crippen LogP contribution in [-0.4, -0.2) is 11.2 Å². The fourth-order valence-electron chi connectivity index (χ4n) is 1.25. The van der Waals surface area contributed by atoms with Gasteiger partial charge in [0.25, 0.3) is 0 Å². The van der Waals surface area contributed by atoms with Gasteiger partial charge >= 0.3 is 0 Å². The van der Waals surface area contributed by atoms with Gasteiger partial charge in [0.15, 0.2) is 4.34 Å². The van der Waals surface area contributed by atoms with Crippen molar-refractivity contribution in [2.75, 3.05) is 6.26 Å². The number of nitrogens with zero attached hydrogens (tertiary/aromatic N) is 1. The number of aromatic nitrogens is 1. The van der Waals surface area contributed by atoms with Gasteiger partial charge in [-0.2, -0.15) is 0 Å². The Labute approximate surface area is 86.2 Å². The van der Waals surface area contributed by atoms with E-state index in [-0.39, 0.29) is 0 Å². The molecule has 0 saturated heterocycles. The van der Waals surface area contributed by atoms with E-state index in [1.165, 1.54) is 15.8 Å². The number of hydrogen-bond acceptors (Lipinski definition) is 3. The average Bonchev–Trinajstić information content (AvgIpc) is 2.48. The summed E-state index contributed by atoms with van der Waals surface area (Å²) in [4.78, 5) is 4.51. The average molecular weight is 209 g/mol. The van der Waals surface area contributed by atoms with Crippen LogP contribution in [0.3, 0.4) is 0 Å². The van der Waals surface area contributed by atoms with E-state index in [0.717, 1.165) is 9.86 Å². The molecule has 0 fully saturated rings. The summed E-state index contributed by atoms with van der Waals surface area (Å²) < 4.78 is 2.45. The van der Waals surface area contributed by atoms with Crippen LogP contribution in [0.15, 0.2) is 16.5 Å². The SMILES string of the molecule is CSc1nc2cc(C)c(C)cc2s1. The van der Waals surface area contributed by atoms with E-state index < -0.39 is 0 Å². The Bertz CT molecular complexity index is 406. The molecular formula is C10H11NS2. The highest BCUT2D eigenvalue weighted by Crippen LogP contribution is 2.29. The molecule has 0 aliphatic rings. The molecule has 0 unspecified atom stereocenters. The fourth-order valence-corrected chi connectivity index (χ4v) is 2.82. The summed E-state index contributed by atoms with van der Waals surface area (Å²) in [6, 6.07) is 4.39. The standard InChI is InChI=1S/C10H11NS2/c1-6-4-8-9(5-7(6)2)13-10(11-8)12-3/h4-5H,1-3H3. The highest BCUT2D eigenvalue weighted by atomic mass is 32.2. The highest BCUT2D eigenvalue weighted by Gasteiger charge is 2.03. The smallest absolute Gasteiger partial charge is 0.150 e. The summed E-state index contributed by atoms with van der Waals surface area (Å²) in [5.41, 5.74) is 3.81. The fraction of sp³-hybridized carbons (Fsp3) is 0.300. The summed E-state index contributed by atoms with van der Waals surface area (Å²) in [6.45, 7) is 4.28. The van der Waals surface area contributed by atoms with Crippen LogP contribution in [0.25, 0.3) is 10.2 Å². The predicted molar refractivity (Wildman–Crippen MR) is 60.9 cm³/mol. The summed E-state index contributed by atoms with van der Waals surface area (Å²) in [6.07, 6.45) is 2.07. The third kappa shape index (κ3) is 1.58. The molecule has 0 bridgehead atoms. The Morgan fingerprint density at radius 3 is 2.62 bits per heavy atom. The van der Waals surface area contributed by atoms with Crippen LogP contribution < -0.4 is 0 Å². The maximum Gasteiger partial charge on any atom is 0.150 e. The molecule has 13 heavy (non-hydrogen) atoms. The summed E-state index contributed by atoms with van der Waals surface area (Å²) in [7, 11) is 0. The molecule has 2 rings (SSSR count). The van der Waals surface area contributed by atoms with Gasteiger partial charge in [0.1, 0.15) is 0 Å². The highest BCUT2D eigenvalue weighted by molar-refractivity contribution is 8.00. The first-order valence-corrected chi connectivity index (χ1v) is 6.16. The number of thioether (sulfide) groups is 1. The number of hydrogen-bond donors (Lipinski definition) is 0. The van der Waals surface area contributed by atoms with Gasteiger partial charge in [-0.1, -0.05) is 11.8 Å². The van der Waals surface area contributed by atoms with Crippen molar-refractivity contribution in [3.8, 4) is 0 Å². The lowest BCUT2D eigenvalue weighted by Crippen LogP contribution is -1.79. The normalized spacial score (nSPS) is 11.0. The van der Waals surface area contributed by atoms with Crippen molar-refractivity contribution >= 4 is 33.3 Å². The maximum absolute atomic E-state index is 4.51. The zero-order chi connectivity index (χ0) is 9.42. The minimum absolute atomic E-state index is 1.14. The molecule has 1 nitrogen and oxygen atoms in total. The van der Waals surface area contributed by atoms with E-state index in [9.17, 15) is 0 Å². The van der Waals surface area contributed by atoms with Gasteiger partial charge in [0.2, 0.25) is 0 Å². The Morgan fingerprint density at radius 1 is 1.23 bits per heavy atom. The van der Waals surface area contributed by atoms with Gasteiger partial charge in [-0.25, -0.2) is 4.98 Å². The van der Waals surface area contributed by atoms with E-state index in [0.29, 0.717) is 0 Å². The molecule has 0 amide bonds. The minimum atomic E-state index is 1.14. The second-order valence-electron chi connectivity index (χ2n) is 3.09. The lowest BCUT2D eigenvalue weighted by Gasteiger charge is -1.96. The van der Waals surface area contributed by atoms with Crippen molar-refractivity contribution in [1.82, 2.24) is 4.98 Å². The van der Waals surface area contributed by atoms with Crippen LogP contribution >= 0.6 is 23.1 Å². The van der Waals surface area contributed by atoms with E-state index in [1.807, 2.05) is 0 Å². The first-order valence-electron chi connectivity index (χ1n) is 4.12. The van der Waals surface area contributed by atoms with Gasteiger partial charge in [0.05, 0.1) is 10.2 Å². The summed E-state index contributed by atoms with van der Waals surface area (Å²) in [5.74, 6) is 0. The minimum Gasteiger partial charge on any atom is -0.230 e. The van der Waals surface area contributed by atoms with Crippen molar-refractivity contribution in [1.29, 1.82) is 0 Å². The van der Waals surface area contributed by atoms with Crippen molar-refractivity contribution in [3.05, 3.63) is 23.3 Å². The van der Waals surface area contributed by atoms with Crippen LogP contribution in [0.5, 0.6) is 0 Å². The molecule has 1 aromatic carbocycles. The monoisotopic (exact) mass is 209 g/mol. The van der Waals surface area contributed by atoms with Crippen molar-refractivity contribution in [2.45, 2.75) is 18.2 Å². The summed E-state index contributed by atoms with van der Waals surface area (Å²) >= 11 is 3.49. The number of benzene rings is 1. The van der Waals surface area contributed by atoms with Crippen LogP contribution in [0, 0.1) is 13.8 Å². The molecule has 0 spiro atoms. The molecular weight excluding hydrogens is 198 g/mol. The lowest BCUT2D eigenvalue weighted by atomic mass is 10.1. The third-order valence-corrected chi connectivity index (χ3v) is 4.16. The van der Waals surface area contributed by atoms with Crippen LogP contribution in [0.4, 0.5) is 0 Å². The van der Waals surface area contributed by atoms with E-state index in [1.54, 1.807) is 23.1 Å². The summed E-state index contributed by atoms with van der Waals surface area (Å²) in [5, 5.41) is 0. The molecule has 0 N–H and O–H groups in total. The van der Waals surface area contributed by atoms with Gasteiger partial charge in [-0.05, 0) is 43.4 Å². The molecule has 3 heteroatoms. The van der Waals surface area contributed by atoms with Gasteiger partial charge in [-0.3, -0.25) is 0 Å². The molecule has 0 aliphatic carbocycles. The van der Waals surface area contributed by atoms with Gasteiger partial charge in [0, 0.05) is 0 Å². The number of aryl methyl sites for hydroxylation is 2. The third-order valence-electron chi connectivity index (χ3n) is 2.16. The predicted octanol–water partition coefficient (Wildman–Crippen LogP) is 3.64. The van der Waals surface area contributed by atoms with Crippen LogP contribution in [-0.2, 0) is 0 Å². The molecule has 2 aromatic rings. The van der Waals surface area contributed by atoms with Crippen LogP contribution in [0.1, 0.15) is 11.1 Å². The van der Waals surface area contributed by atoms with Crippen LogP contribution in [0.2, 0.25) is 0 Å². The van der Waals surface area contributed by atoms with Gasteiger partial charge < -0.3 is 0 Å². The second kappa shape index (κ2) is 3.31. The maximum atomic E-state index is 4.51. The molecule has 68 valence electrons. The molecule has 1 heterocycles. The quantitative estimate of drug-likeness (QED) is 0.665. The molecule has 0 radical (unpaired) electrons. The topological polar surface area (TPSA) is 12.9 Å². The zero-order valence-corrected chi connectivity index (χ0v) is 9.55. The number of fused-ring (bicyclic) bond motifs is 1. The Morgan fingerprint density at radius 2 is 1.92 bits per heavy atom. The van der Waals surface area contributed by atoms with Crippen molar-refractivity contribution < 1.29 is 0 Å². The molecule has 0 aliphatic heterocycles. The zero-order valence-electron chi connectivity index (χ0n) is 7.92. The Hall–Kier alpha value is -0.540. The van der Waals surface area contributed by atoms with Gasteiger partial charge in [-0.15, -0.1) is 11.3 Å². The van der Waals surface area contributed by atoms with E-state index in [4.69, 9.17) is 0 Å². The lowest BCUT2D eigenvalue weighted by molar-refractivity contribution is 1.29. The number of rotatable bonds is 1. The Balaban J connectivity index is 2.70. The largest absolute Gasteiger partial charge is 0.230 e. The van der Waals surface area contributed by atoms with Crippen molar-refractivity contribution in [2.24, 2.45) is 0 Å². The number of thiazole rings is 1. The first-order chi connectivity index (χ1) is 6.20. The van der Waals surface area contributed by atoms with Crippen molar-refractivity contribution in [3.63, 3.8) is 0 Å². The molecule has 0 atom stereocenters. The van der Waals surface area contributed by atoms with E-state index in [2.05, 4.69) is 37.2 Å².